The third-order valence-electron chi connectivity index (χ3n) is 14.0. The molecule has 4 heterocycles. The molecule has 4 fully saturated rings. The van der Waals surface area contributed by atoms with Crippen molar-refractivity contribution in [3.05, 3.63) is 77.3 Å². The number of rotatable bonds is 15. The summed E-state index contributed by atoms with van der Waals surface area (Å²) in [6, 6.07) is 10.6. The van der Waals surface area contributed by atoms with Gasteiger partial charge in [0.15, 0.2) is 0 Å². The number of sulfonamides is 1. The number of amides is 4. The number of fused-ring (bicyclic) bond motifs is 1. The molecule has 16 nitrogen and oxygen atoms in total. The summed E-state index contributed by atoms with van der Waals surface area (Å²) in [7, 11) is -0.400. The Kier molecular flexibility index (Phi) is 13.2. The maximum absolute atomic E-state index is 15.3. The topological polar surface area (TPSA) is 192 Å². The van der Waals surface area contributed by atoms with Crippen LogP contribution in [0.4, 0.5) is 5.69 Å². The van der Waals surface area contributed by atoms with Crippen molar-refractivity contribution in [2.75, 3.05) is 52.2 Å². The lowest BCUT2D eigenvalue weighted by molar-refractivity contribution is -0.141. The van der Waals surface area contributed by atoms with Gasteiger partial charge in [-0.1, -0.05) is 46.8 Å². The average Bonchev–Trinajstić information content (AvgIpc) is 4.08. The van der Waals surface area contributed by atoms with Crippen LogP contribution in [0.2, 0.25) is 0 Å². The number of carbonyl (C=O) groups is 4. The van der Waals surface area contributed by atoms with E-state index in [1.54, 1.807) is 32.2 Å². The first-order chi connectivity index (χ1) is 32.1. The van der Waals surface area contributed by atoms with Crippen LogP contribution in [-0.4, -0.2) is 132 Å². The van der Waals surface area contributed by atoms with Gasteiger partial charge in [-0.05, 0) is 81.8 Å². The Bertz CT molecular complexity index is 2760. The summed E-state index contributed by atoms with van der Waals surface area (Å²) in [6.45, 7) is 20.1. The van der Waals surface area contributed by atoms with E-state index in [1.165, 1.54) is 22.3 Å². The predicted octanol–water partition coefficient (Wildman–Crippen LogP) is 6.12. The smallest absolute Gasteiger partial charge is 0.259 e. The number of pyridine rings is 1. The zero-order chi connectivity index (χ0) is 49.1. The number of hydrogen-bond acceptors (Lipinski definition) is 13. The molecule has 4 aromatic rings. The molecule has 2 saturated carbocycles. The number of benzene rings is 2. The Morgan fingerprint density at radius 3 is 2.35 bits per heavy atom. The van der Waals surface area contributed by atoms with Gasteiger partial charge in [0.05, 0.1) is 29.6 Å². The normalized spacial score (nSPS) is 22.9. The van der Waals surface area contributed by atoms with Crippen LogP contribution in [0.15, 0.2) is 60.5 Å². The highest BCUT2D eigenvalue weighted by atomic mass is 32.2. The van der Waals surface area contributed by atoms with Gasteiger partial charge in [-0.3, -0.25) is 23.9 Å². The number of ether oxygens (including phenoxy) is 2. The molecule has 2 aromatic carbocycles. The molecule has 2 aliphatic heterocycles. The first kappa shape index (κ1) is 48.9. The van der Waals surface area contributed by atoms with Crippen molar-refractivity contribution in [2.24, 2.45) is 11.3 Å². The van der Waals surface area contributed by atoms with Crippen LogP contribution in [0.3, 0.4) is 0 Å². The van der Waals surface area contributed by atoms with Crippen molar-refractivity contribution in [1.29, 1.82) is 0 Å². The third-order valence-corrected chi connectivity index (χ3v) is 17.1. The van der Waals surface area contributed by atoms with Crippen LogP contribution in [0.1, 0.15) is 94.8 Å². The highest BCUT2D eigenvalue weighted by Crippen LogP contribution is 2.47. The second-order valence-corrected chi connectivity index (χ2v) is 23.6. The molecule has 5 unspecified atom stereocenters. The number of carbonyl (C=O) groups excluding carboxylic acids is 4. The lowest BCUT2D eigenvalue weighted by Crippen LogP contribution is -2.59. The second-order valence-electron chi connectivity index (χ2n) is 20.5. The number of aryl methyl sites for hydroxylation is 1. The molecular weight excluding hydrogens is 905 g/mol. The van der Waals surface area contributed by atoms with Crippen LogP contribution in [-0.2, 0) is 24.4 Å². The molecule has 4 amide bonds. The molecule has 0 bridgehead atoms. The SMILES string of the molecule is C=CC1CC1(NC(=O)C1CC(Oc2cc(-c3nc(C(C)C)cs3)nc3c(C)c(OC)ccc23)CN1C(=O)C(Nc1cccc(C(=O)N2CCN(C)CC2)c1)C(C)(C)C)C(=O)NS(=O)(=O)C1(C)CC1. The quantitative estimate of drug-likeness (QED) is 0.116. The molecule has 8 rings (SSSR count). The molecule has 0 radical (unpaired) electrons. The number of thiazole rings is 1. The van der Waals surface area contributed by atoms with Gasteiger partial charge in [0, 0.05) is 72.2 Å². The summed E-state index contributed by atoms with van der Waals surface area (Å²) < 4.78 is 40.3. The van der Waals surface area contributed by atoms with Crippen LogP contribution >= 0.6 is 11.3 Å². The van der Waals surface area contributed by atoms with Crippen LogP contribution < -0.4 is 24.8 Å². The van der Waals surface area contributed by atoms with Gasteiger partial charge >= 0.3 is 0 Å². The van der Waals surface area contributed by atoms with Crippen molar-refractivity contribution in [3.63, 3.8) is 0 Å². The Labute approximate surface area is 403 Å². The fourth-order valence-electron chi connectivity index (χ4n) is 9.06. The van der Waals surface area contributed by atoms with Crippen LogP contribution in [0.25, 0.3) is 21.6 Å². The monoisotopic (exact) mass is 968 g/mol. The lowest BCUT2D eigenvalue weighted by atomic mass is 9.85. The minimum atomic E-state index is -4.03. The van der Waals surface area contributed by atoms with Gasteiger partial charge in [0.25, 0.3) is 11.8 Å². The molecule has 2 saturated heterocycles. The van der Waals surface area contributed by atoms with E-state index in [9.17, 15) is 22.8 Å². The van der Waals surface area contributed by atoms with E-state index in [2.05, 4.69) is 40.7 Å². The zero-order valence-electron chi connectivity index (χ0n) is 40.5. The Morgan fingerprint density at radius 2 is 1.74 bits per heavy atom. The van der Waals surface area contributed by atoms with Crippen molar-refractivity contribution >= 4 is 61.6 Å². The number of nitrogens with one attached hydrogen (secondary N) is 3. The molecule has 18 heteroatoms. The predicted molar refractivity (Wildman–Crippen MR) is 263 cm³/mol. The standard InChI is InChI=1S/C50H64N8O8S2/c1-11-32-26-50(32,47(62)55-68(63,64)49(8)17-18-49)54-43(59)38-24-34(66-40-25-36(44-53-37(28-67-44)29(2)3)52-41-30(4)39(65-10)16-15-35(40)41)27-58(38)46(61)42(48(5,6)7)51-33-14-12-13-31(23-33)45(60)57-21-19-56(9)20-22-57/h11-16,23,25,28-29,32,34,38,42,51H,1,17-22,24,26-27H2,2-10H3,(H,54,59)(H,55,62). The van der Waals surface area contributed by atoms with Gasteiger partial charge in [-0.2, -0.15) is 0 Å². The number of hydrogen-bond donors (Lipinski definition) is 3. The van der Waals surface area contributed by atoms with Gasteiger partial charge in [-0.15, -0.1) is 17.9 Å². The fourth-order valence-corrected chi connectivity index (χ4v) is 11.3. The Hall–Kier alpha value is -5.59. The lowest BCUT2D eigenvalue weighted by Gasteiger charge is -2.36. The Morgan fingerprint density at radius 1 is 1.01 bits per heavy atom. The van der Waals surface area contributed by atoms with E-state index < -0.39 is 67.6 Å². The molecule has 5 atom stereocenters. The number of methoxy groups -OCH3 is 1. The third kappa shape index (κ3) is 9.55. The molecule has 68 heavy (non-hydrogen) atoms. The van der Waals surface area contributed by atoms with Crippen molar-refractivity contribution in [3.8, 4) is 22.2 Å². The number of anilines is 1. The van der Waals surface area contributed by atoms with Crippen molar-refractivity contribution in [1.82, 2.24) is 34.7 Å². The number of nitrogens with zero attached hydrogens (tertiary/aromatic N) is 5. The summed E-state index contributed by atoms with van der Waals surface area (Å²) in [5, 5.41) is 9.77. The number of aromatic nitrogens is 2. The maximum Gasteiger partial charge on any atom is 0.259 e. The fraction of sp³-hybridized carbons (Fsp3) is 0.520. The van der Waals surface area contributed by atoms with Crippen LogP contribution in [0.5, 0.6) is 11.5 Å². The molecule has 3 N–H and O–H groups in total. The summed E-state index contributed by atoms with van der Waals surface area (Å²) in [5.74, 6) is -1.17. The summed E-state index contributed by atoms with van der Waals surface area (Å²) >= 11 is 1.48. The van der Waals surface area contributed by atoms with Gasteiger partial charge in [-0.25, -0.2) is 18.4 Å². The van der Waals surface area contributed by atoms with Gasteiger partial charge in [0.1, 0.15) is 45.9 Å². The van der Waals surface area contributed by atoms with Crippen molar-refractivity contribution in [2.45, 2.75) is 109 Å². The maximum atomic E-state index is 15.3. The van der Waals surface area contributed by atoms with Crippen molar-refractivity contribution < 1.29 is 37.1 Å². The summed E-state index contributed by atoms with van der Waals surface area (Å²) in [6.07, 6.45) is 1.83. The summed E-state index contributed by atoms with van der Waals surface area (Å²) in [5.41, 5.74) is 1.73. The number of likely N-dealkylation sites (tertiary alicyclic amines) is 1. The molecular formula is C50H64N8O8S2. The van der Waals surface area contributed by atoms with Gasteiger partial charge < -0.3 is 34.8 Å². The highest BCUT2D eigenvalue weighted by molar-refractivity contribution is 7.91. The molecule has 0 spiro atoms. The first-order valence-electron chi connectivity index (χ1n) is 23.3. The average molecular weight is 969 g/mol. The first-order valence-corrected chi connectivity index (χ1v) is 25.7. The second kappa shape index (κ2) is 18.4. The van der Waals surface area contributed by atoms with E-state index in [0.29, 0.717) is 70.3 Å². The molecule has 364 valence electrons. The minimum Gasteiger partial charge on any atom is -0.496 e. The van der Waals surface area contributed by atoms with E-state index >= 15 is 4.79 Å². The molecule has 2 aliphatic carbocycles. The van der Waals surface area contributed by atoms with E-state index in [-0.39, 0.29) is 31.2 Å². The zero-order valence-corrected chi connectivity index (χ0v) is 42.1. The largest absolute Gasteiger partial charge is 0.496 e. The molecule has 2 aromatic heterocycles. The van der Waals surface area contributed by atoms with Crippen LogP contribution in [0, 0.1) is 18.3 Å². The summed E-state index contributed by atoms with van der Waals surface area (Å²) in [4.78, 5) is 73.2. The van der Waals surface area contributed by atoms with Gasteiger partial charge in [0.2, 0.25) is 21.8 Å². The number of likely N-dealkylation sites (N-methyl/N-ethyl adjacent to an activating group) is 1. The Balaban J connectivity index is 1.13. The van der Waals surface area contributed by atoms with E-state index in [1.807, 2.05) is 69.3 Å². The highest BCUT2D eigenvalue weighted by Gasteiger charge is 2.63. The van der Waals surface area contributed by atoms with E-state index in [4.69, 9.17) is 19.4 Å². The number of piperazine rings is 1. The molecule has 4 aliphatic rings. The van der Waals surface area contributed by atoms with E-state index in [0.717, 1.165) is 24.3 Å². The minimum absolute atomic E-state index is 0.00698.